The van der Waals surface area contributed by atoms with Crippen molar-refractivity contribution in [2.75, 3.05) is 0 Å². The lowest BCUT2D eigenvalue weighted by atomic mass is 10.1. The van der Waals surface area contributed by atoms with Crippen LogP contribution in [0.2, 0.25) is 0 Å². The number of alkyl halides is 1. The molecule has 1 heterocycles. The van der Waals surface area contributed by atoms with Gasteiger partial charge in [-0.1, -0.05) is 46.3 Å². The molecule has 0 aliphatic rings. The fourth-order valence-electron chi connectivity index (χ4n) is 2.13. The Labute approximate surface area is 136 Å². The van der Waals surface area contributed by atoms with E-state index in [4.69, 9.17) is 16.3 Å². The van der Waals surface area contributed by atoms with Crippen LogP contribution in [0.4, 0.5) is 0 Å². The third kappa shape index (κ3) is 3.36. The summed E-state index contributed by atoms with van der Waals surface area (Å²) in [6.07, 6.45) is 0. The normalized spacial score (nSPS) is 10.8. The lowest BCUT2D eigenvalue weighted by molar-refractivity contribution is 0.297. The minimum atomic E-state index is 0.374. The number of hydrogen-bond donors (Lipinski definition) is 0. The van der Waals surface area contributed by atoms with Crippen molar-refractivity contribution in [2.24, 2.45) is 0 Å². The lowest BCUT2D eigenvalue weighted by Gasteiger charge is -2.10. The zero-order chi connectivity index (χ0) is 14.7. The molecule has 106 valence electrons. The van der Waals surface area contributed by atoms with Crippen LogP contribution in [0.15, 0.2) is 59.1 Å². The Morgan fingerprint density at radius 1 is 1.05 bits per heavy atom. The molecule has 0 saturated heterocycles. The minimum Gasteiger partial charge on any atom is -0.472 e. The van der Waals surface area contributed by atoms with Crippen molar-refractivity contribution in [2.45, 2.75) is 12.5 Å². The quantitative estimate of drug-likeness (QED) is 0.586. The number of fused-ring (bicyclic) bond motifs is 1. The number of nitrogens with zero attached hydrogens (tertiary/aromatic N) is 1. The summed E-state index contributed by atoms with van der Waals surface area (Å²) in [4.78, 5) is 4.49. The number of aromatic nitrogens is 1. The maximum Gasteiger partial charge on any atom is 0.221 e. The third-order valence-corrected chi connectivity index (χ3v) is 3.99. The van der Waals surface area contributed by atoms with Crippen LogP contribution in [-0.2, 0) is 12.5 Å². The topological polar surface area (TPSA) is 22.1 Å². The molecule has 0 aliphatic heterocycles. The van der Waals surface area contributed by atoms with Crippen LogP contribution >= 0.6 is 27.5 Å². The molecule has 0 amide bonds. The number of pyridine rings is 1. The molecule has 4 heteroatoms. The maximum atomic E-state index is 5.91. The number of ether oxygens (including phenoxy) is 1. The van der Waals surface area contributed by atoms with Crippen molar-refractivity contribution in [3.8, 4) is 5.88 Å². The van der Waals surface area contributed by atoms with Gasteiger partial charge in [-0.25, -0.2) is 4.98 Å². The van der Waals surface area contributed by atoms with Gasteiger partial charge in [0.1, 0.15) is 6.61 Å². The molecule has 0 radical (unpaired) electrons. The average molecular weight is 363 g/mol. The minimum absolute atomic E-state index is 0.374. The van der Waals surface area contributed by atoms with E-state index in [0.717, 1.165) is 26.5 Å². The van der Waals surface area contributed by atoms with Crippen LogP contribution in [0.3, 0.4) is 0 Å². The van der Waals surface area contributed by atoms with Crippen molar-refractivity contribution in [3.05, 3.63) is 70.3 Å². The number of rotatable bonds is 4. The van der Waals surface area contributed by atoms with Crippen molar-refractivity contribution in [1.29, 1.82) is 0 Å². The summed E-state index contributed by atoms with van der Waals surface area (Å²) >= 11 is 9.34. The summed E-state index contributed by atoms with van der Waals surface area (Å²) in [5, 5.41) is 2.09. The van der Waals surface area contributed by atoms with Gasteiger partial charge in [-0.15, -0.1) is 11.6 Å². The monoisotopic (exact) mass is 361 g/mol. The van der Waals surface area contributed by atoms with Crippen LogP contribution in [0.25, 0.3) is 10.8 Å². The van der Waals surface area contributed by atoms with Crippen molar-refractivity contribution in [1.82, 2.24) is 4.98 Å². The summed E-state index contributed by atoms with van der Waals surface area (Å²) in [5.41, 5.74) is 1.92. The Kier molecular flexibility index (Phi) is 4.42. The Bertz CT molecular complexity index is 758. The Hall–Kier alpha value is -1.58. The fourth-order valence-corrected chi connectivity index (χ4v) is 2.53. The van der Waals surface area contributed by atoms with E-state index in [0.29, 0.717) is 18.4 Å². The summed E-state index contributed by atoms with van der Waals surface area (Å²) < 4.78 is 6.96. The van der Waals surface area contributed by atoms with E-state index in [1.807, 2.05) is 54.6 Å². The predicted molar refractivity (Wildman–Crippen MR) is 89.8 cm³/mol. The first-order valence-corrected chi connectivity index (χ1v) is 7.91. The SMILES string of the molecule is ClCc1cc2ccccc2c(OCc2ccc(Br)cc2)n1. The van der Waals surface area contributed by atoms with Crippen LogP contribution in [0, 0.1) is 0 Å². The van der Waals surface area contributed by atoms with Gasteiger partial charge in [-0.2, -0.15) is 0 Å². The highest BCUT2D eigenvalue weighted by molar-refractivity contribution is 9.10. The molecule has 3 rings (SSSR count). The van der Waals surface area contributed by atoms with Gasteiger partial charge in [0.15, 0.2) is 0 Å². The second kappa shape index (κ2) is 6.46. The standard InChI is InChI=1S/C17H13BrClNO/c18-14-7-5-12(6-8-14)11-21-17-16-4-2-1-3-13(16)9-15(10-19)20-17/h1-9H,10-11H2. The van der Waals surface area contributed by atoms with Gasteiger partial charge in [0.2, 0.25) is 5.88 Å². The highest BCUT2D eigenvalue weighted by Gasteiger charge is 2.07. The highest BCUT2D eigenvalue weighted by atomic mass is 79.9. The Morgan fingerprint density at radius 3 is 2.57 bits per heavy atom. The van der Waals surface area contributed by atoms with Crippen molar-refractivity contribution >= 4 is 38.3 Å². The van der Waals surface area contributed by atoms with Gasteiger partial charge in [0.25, 0.3) is 0 Å². The smallest absolute Gasteiger partial charge is 0.221 e. The Morgan fingerprint density at radius 2 is 1.81 bits per heavy atom. The van der Waals surface area contributed by atoms with E-state index in [1.54, 1.807) is 0 Å². The van der Waals surface area contributed by atoms with E-state index in [2.05, 4.69) is 20.9 Å². The fraction of sp³-hybridized carbons (Fsp3) is 0.118. The van der Waals surface area contributed by atoms with Gasteiger partial charge in [0, 0.05) is 9.86 Å². The first kappa shape index (κ1) is 14.4. The average Bonchev–Trinajstić information content (AvgIpc) is 2.53. The number of halogens is 2. The van der Waals surface area contributed by atoms with Crippen LogP contribution in [-0.4, -0.2) is 4.98 Å². The third-order valence-electron chi connectivity index (χ3n) is 3.18. The van der Waals surface area contributed by atoms with Gasteiger partial charge in [-0.3, -0.25) is 0 Å². The lowest BCUT2D eigenvalue weighted by Crippen LogP contribution is -1.99. The summed E-state index contributed by atoms with van der Waals surface area (Å²) in [7, 11) is 0. The summed E-state index contributed by atoms with van der Waals surface area (Å²) in [6, 6.07) is 18.1. The zero-order valence-electron chi connectivity index (χ0n) is 11.2. The summed E-state index contributed by atoms with van der Waals surface area (Å²) in [5.74, 6) is 1.01. The molecule has 3 aromatic rings. The van der Waals surface area contributed by atoms with Crippen LogP contribution in [0.1, 0.15) is 11.3 Å². The molecule has 0 bridgehead atoms. The summed E-state index contributed by atoms with van der Waals surface area (Å²) in [6.45, 7) is 0.482. The first-order chi connectivity index (χ1) is 10.3. The predicted octanol–water partition coefficient (Wildman–Crippen LogP) is 5.32. The van der Waals surface area contributed by atoms with E-state index in [-0.39, 0.29) is 0 Å². The highest BCUT2D eigenvalue weighted by Crippen LogP contribution is 2.26. The largest absolute Gasteiger partial charge is 0.472 e. The first-order valence-electron chi connectivity index (χ1n) is 6.58. The van der Waals surface area contributed by atoms with Crippen LogP contribution < -0.4 is 4.74 Å². The molecular formula is C17H13BrClNO. The molecular weight excluding hydrogens is 350 g/mol. The Balaban J connectivity index is 1.90. The second-order valence-electron chi connectivity index (χ2n) is 4.69. The molecule has 0 saturated carbocycles. The molecule has 2 aromatic carbocycles. The van der Waals surface area contributed by atoms with E-state index in [9.17, 15) is 0 Å². The van der Waals surface area contributed by atoms with E-state index < -0.39 is 0 Å². The number of hydrogen-bond acceptors (Lipinski definition) is 2. The molecule has 1 aromatic heterocycles. The molecule has 21 heavy (non-hydrogen) atoms. The van der Waals surface area contributed by atoms with E-state index >= 15 is 0 Å². The van der Waals surface area contributed by atoms with Crippen molar-refractivity contribution in [3.63, 3.8) is 0 Å². The molecule has 0 unspecified atom stereocenters. The zero-order valence-corrected chi connectivity index (χ0v) is 13.6. The van der Waals surface area contributed by atoms with Gasteiger partial charge in [0.05, 0.1) is 11.6 Å². The molecule has 0 N–H and O–H groups in total. The van der Waals surface area contributed by atoms with Crippen LogP contribution in [0.5, 0.6) is 5.88 Å². The molecule has 0 atom stereocenters. The van der Waals surface area contributed by atoms with Gasteiger partial charge >= 0.3 is 0 Å². The van der Waals surface area contributed by atoms with Crippen molar-refractivity contribution < 1.29 is 4.74 Å². The molecule has 2 nitrogen and oxygen atoms in total. The molecule has 0 aliphatic carbocycles. The second-order valence-corrected chi connectivity index (χ2v) is 5.87. The molecule has 0 spiro atoms. The molecule has 0 fully saturated rings. The van der Waals surface area contributed by atoms with Gasteiger partial charge < -0.3 is 4.74 Å². The van der Waals surface area contributed by atoms with E-state index in [1.165, 1.54) is 0 Å². The number of benzene rings is 2. The van der Waals surface area contributed by atoms with Gasteiger partial charge in [-0.05, 0) is 35.2 Å². The maximum absolute atomic E-state index is 5.91.